The zero-order valence-electron chi connectivity index (χ0n) is 10.5. The van der Waals surface area contributed by atoms with Crippen LogP contribution in [0.3, 0.4) is 0 Å². The minimum atomic E-state index is -1.06. The third kappa shape index (κ3) is 2.62. The predicted molar refractivity (Wildman–Crippen MR) is 69.8 cm³/mol. The van der Waals surface area contributed by atoms with Crippen molar-refractivity contribution in [3.05, 3.63) is 42.0 Å². The first-order chi connectivity index (χ1) is 8.74. The summed E-state index contributed by atoms with van der Waals surface area (Å²) < 4.78 is 4.88. The molecule has 2 rings (SSSR count). The standard InChI is InChI=1S/C15H18O3/c1-2-18-15(17)14(16)13-10-6-9-12(13)11-7-4-3-5-8-11/h3-5,7-9,13-14,16H,2,6,10H2,1H3/t13-,14-/m1/s1. The van der Waals surface area contributed by atoms with Crippen molar-refractivity contribution in [1.82, 2.24) is 0 Å². The zero-order chi connectivity index (χ0) is 13.0. The van der Waals surface area contributed by atoms with Gasteiger partial charge in [0.05, 0.1) is 6.61 Å². The molecule has 3 heteroatoms. The number of allylic oxidation sites excluding steroid dienone is 1. The van der Waals surface area contributed by atoms with Gasteiger partial charge in [-0.15, -0.1) is 0 Å². The zero-order valence-corrected chi connectivity index (χ0v) is 10.5. The number of ether oxygens (including phenoxy) is 1. The molecule has 1 aliphatic carbocycles. The minimum absolute atomic E-state index is 0.147. The van der Waals surface area contributed by atoms with E-state index in [-0.39, 0.29) is 5.92 Å². The highest BCUT2D eigenvalue weighted by molar-refractivity contribution is 5.80. The van der Waals surface area contributed by atoms with Gasteiger partial charge in [0.15, 0.2) is 6.10 Å². The second-order valence-electron chi connectivity index (χ2n) is 4.41. The van der Waals surface area contributed by atoms with E-state index in [4.69, 9.17) is 4.74 Å². The summed E-state index contributed by atoms with van der Waals surface area (Å²) in [6.45, 7) is 2.04. The molecule has 0 fully saturated rings. The SMILES string of the molecule is CCOC(=O)[C@H](O)[C@@H]1CCC=C1c1ccccc1. The molecular formula is C15H18O3. The van der Waals surface area contributed by atoms with Crippen molar-refractivity contribution in [1.29, 1.82) is 0 Å². The van der Waals surface area contributed by atoms with Crippen LogP contribution in [-0.4, -0.2) is 23.8 Å². The van der Waals surface area contributed by atoms with E-state index >= 15 is 0 Å². The topological polar surface area (TPSA) is 46.5 Å². The summed E-state index contributed by atoms with van der Waals surface area (Å²) >= 11 is 0. The molecule has 3 nitrogen and oxygen atoms in total. The molecule has 0 saturated carbocycles. The molecule has 96 valence electrons. The van der Waals surface area contributed by atoms with Gasteiger partial charge in [0.2, 0.25) is 0 Å². The van der Waals surface area contributed by atoms with Crippen molar-refractivity contribution >= 4 is 11.5 Å². The number of aliphatic hydroxyl groups is 1. The van der Waals surface area contributed by atoms with E-state index in [1.54, 1.807) is 6.92 Å². The average molecular weight is 246 g/mol. The van der Waals surface area contributed by atoms with Crippen molar-refractivity contribution in [2.24, 2.45) is 5.92 Å². The van der Waals surface area contributed by atoms with E-state index in [0.29, 0.717) is 6.61 Å². The van der Waals surface area contributed by atoms with Gasteiger partial charge >= 0.3 is 5.97 Å². The normalized spacial score (nSPS) is 20.3. The molecule has 0 spiro atoms. The third-order valence-electron chi connectivity index (χ3n) is 3.26. The minimum Gasteiger partial charge on any atom is -0.464 e. The van der Waals surface area contributed by atoms with Gasteiger partial charge in [-0.2, -0.15) is 0 Å². The van der Waals surface area contributed by atoms with E-state index in [1.807, 2.05) is 30.3 Å². The molecule has 0 bridgehead atoms. The monoisotopic (exact) mass is 246 g/mol. The van der Waals surface area contributed by atoms with E-state index < -0.39 is 12.1 Å². The van der Waals surface area contributed by atoms with Crippen LogP contribution in [0.15, 0.2) is 36.4 Å². The summed E-state index contributed by atoms with van der Waals surface area (Å²) in [6.07, 6.45) is 2.73. The highest BCUT2D eigenvalue weighted by atomic mass is 16.5. The van der Waals surface area contributed by atoms with Crippen LogP contribution in [0.2, 0.25) is 0 Å². The van der Waals surface area contributed by atoms with Gasteiger partial charge in [-0.3, -0.25) is 0 Å². The van der Waals surface area contributed by atoms with Crippen molar-refractivity contribution in [2.75, 3.05) is 6.61 Å². The Morgan fingerprint density at radius 2 is 2.17 bits per heavy atom. The van der Waals surface area contributed by atoms with E-state index in [1.165, 1.54) is 0 Å². The van der Waals surface area contributed by atoms with Crippen LogP contribution < -0.4 is 0 Å². The van der Waals surface area contributed by atoms with Gasteiger partial charge in [0.25, 0.3) is 0 Å². The Hall–Kier alpha value is -1.61. The van der Waals surface area contributed by atoms with Crippen LogP contribution in [0.5, 0.6) is 0 Å². The number of esters is 1. The Balaban J connectivity index is 2.15. The van der Waals surface area contributed by atoms with Crippen molar-refractivity contribution in [3.63, 3.8) is 0 Å². The Labute approximate surface area is 107 Å². The van der Waals surface area contributed by atoms with Crippen LogP contribution in [0.4, 0.5) is 0 Å². The van der Waals surface area contributed by atoms with Crippen LogP contribution >= 0.6 is 0 Å². The highest BCUT2D eigenvalue weighted by Gasteiger charge is 2.32. The largest absolute Gasteiger partial charge is 0.464 e. The molecular weight excluding hydrogens is 228 g/mol. The summed E-state index contributed by atoms with van der Waals surface area (Å²) in [4.78, 5) is 11.6. The number of benzene rings is 1. The number of carbonyl (C=O) groups excluding carboxylic acids is 1. The maximum absolute atomic E-state index is 11.6. The van der Waals surface area contributed by atoms with Crippen LogP contribution in [0.1, 0.15) is 25.3 Å². The fourth-order valence-corrected chi connectivity index (χ4v) is 2.41. The molecule has 0 unspecified atom stereocenters. The smallest absolute Gasteiger partial charge is 0.335 e. The average Bonchev–Trinajstić information content (AvgIpc) is 2.88. The van der Waals surface area contributed by atoms with Crippen molar-refractivity contribution in [2.45, 2.75) is 25.9 Å². The second-order valence-corrected chi connectivity index (χ2v) is 4.41. The summed E-state index contributed by atoms with van der Waals surface area (Å²) in [6, 6.07) is 9.88. The van der Waals surface area contributed by atoms with Gasteiger partial charge in [-0.25, -0.2) is 4.79 Å². The highest BCUT2D eigenvalue weighted by Crippen LogP contribution is 2.36. The second kappa shape index (κ2) is 5.83. The summed E-state index contributed by atoms with van der Waals surface area (Å²) in [5.41, 5.74) is 2.12. The fourth-order valence-electron chi connectivity index (χ4n) is 2.41. The van der Waals surface area contributed by atoms with Crippen LogP contribution in [0.25, 0.3) is 5.57 Å². The van der Waals surface area contributed by atoms with Gasteiger partial charge in [0, 0.05) is 5.92 Å². The quantitative estimate of drug-likeness (QED) is 0.830. The molecule has 0 aromatic heterocycles. The van der Waals surface area contributed by atoms with Gasteiger partial charge in [-0.05, 0) is 30.9 Å². The molecule has 18 heavy (non-hydrogen) atoms. The number of aliphatic hydroxyl groups excluding tert-OH is 1. The number of carbonyl (C=O) groups is 1. The molecule has 1 aromatic carbocycles. The number of hydrogen-bond acceptors (Lipinski definition) is 3. The van der Waals surface area contributed by atoms with Gasteiger partial charge < -0.3 is 9.84 Å². The van der Waals surface area contributed by atoms with E-state index in [2.05, 4.69) is 6.08 Å². The lowest BCUT2D eigenvalue weighted by Crippen LogP contribution is -2.31. The third-order valence-corrected chi connectivity index (χ3v) is 3.26. The lowest BCUT2D eigenvalue weighted by Gasteiger charge is -2.20. The molecule has 0 heterocycles. The molecule has 0 saturated heterocycles. The van der Waals surface area contributed by atoms with Gasteiger partial charge in [0.1, 0.15) is 0 Å². The Bertz CT molecular complexity index is 436. The number of rotatable bonds is 4. The molecule has 0 radical (unpaired) electrons. The lowest BCUT2D eigenvalue weighted by atomic mass is 9.90. The maximum atomic E-state index is 11.6. The first-order valence-corrected chi connectivity index (χ1v) is 6.34. The van der Waals surface area contributed by atoms with Crippen LogP contribution in [0, 0.1) is 5.92 Å². The summed E-state index contributed by atoms with van der Waals surface area (Å²) in [5.74, 6) is -0.669. The van der Waals surface area contributed by atoms with E-state index in [0.717, 1.165) is 24.0 Å². The molecule has 0 aliphatic heterocycles. The van der Waals surface area contributed by atoms with Crippen LogP contribution in [-0.2, 0) is 9.53 Å². The summed E-state index contributed by atoms with van der Waals surface area (Å²) in [5, 5.41) is 10.1. The molecule has 1 aliphatic rings. The van der Waals surface area contributed by atoms with Gasteiger partial charge in [-0.1, -0.05) is 36.4 Å². The fraction of sp³-hybridized carbons (Fsp3) is 0.400. The Morgan fingerprint density at radius 1 is 1.44 bits per heavy atom. The number of hydrogen-bond donors (Lipinski definition) is 1. The van der Waals surface area contributed by atoms with Crippen molar-refractivity contribution in [3.8, 4) is 0 Å². The Kier molecular flexibility index (Phi) is 4.15. The first-order valence-electron chi connectivity index (χ1n) is 6.34. The van der Waals surface area contributed by atoms with E-state index in [9.17, 15) is 9.90 Å². The molecule has 2 atom stereocenters. The lowest BCUT2D eigenvalue weighted by molar-refractivity contribution is -0.154. The molecule has 1 N–H and O–H groups in total. The van der Waals surface area contributed by atoms with Crippen molar-refractivity contribution < 1.29 is 14.6 Å². The maximum Gasteiger partial charge on any atom is 0.335 e. The molecule has 1 aromatic rings. The Morgan fingerprint density at radius 3 is 2.83 bits per heavy atom. The summed E-state index contributed by atoms with van der Waals surface area (Å²) in [7, 11) is 0. The first kappa shape index (κ1) is 12.8. The predicted octanol–water partition coefficient (Wildman–Crippen LogP) is 2.40. The molecule has 0 amide bonds.